The first-order valence-electron chi connectivity index (χ1n) is 24.9. The number of nitrogens with one attached hydrogen (secondary N) is 3. The molecule has 0 saturated carbocycles. The molecule has 0 aromatic heterocycles. The lowest BCUT2D eigenvalue weighted by atomic mass is 9.93. The lowest BCUT2D eigenvalue weighted by Crippen LogP contribution is -2.49. The fourth-order valence-corrected chi connectivity index (χ4v) is 6.97. The first kappa shape index (κ1) is 63.3. The van der Waals surface area contributed by atoms with E-state index in [0.29, 0.717) is 45.3 Å². The van der Waals surface area contributed by atoms with Gasteiger partial charge in [0.25, 0.3) is 0 Å². The Morgan fingerprint density at radius 1 is 0.522 bits per heavy atom. The van der Waals surface area contributed by atoms with Crippen molar-refractivity contribution >= 4 is 46.9 Å². The molecule has 0 spiro atoms. The number of aliphatic carboxylic acids is 2. The molecule has 0 radical (unpaired) electrons. The molecule has 1 unspecified atom stereocenters. The predicted molar refractivity (Wildman–Crippen MR) is 255 cm³/mol. The van der Waals surface area contributed by atoms with Crippen molar-refractivity contribution in [2.75, 3.05) is 72.5 Å². The van der Waals surface area contributed by atoms with Crippen molar-refractivity contribution in [1.82, 2.24) is 16.0 Å². The summed E-state index contributed by atoms with van der Waals surface area (Å²) in [5.41, 5.74) is 4.82. The Morgan fingerprint density at radius 2 is 1.00 bits per heavy atom. The van der Waals surface area contributed by atoms with Crippen molar-refractivity contribution in [1.29, 1.82) is 0 Å². The molecule has 0 aliphatic carbocycles. The van der Waals surface area contributed by atoms with Crippen molar-refractivity contribution in [3.05, 3.63) is 0 Å². The highest BCUT2D eigenvalue weighted by molar-refractivity contribution is 5.90. The van der Waals surface area contributed by atoms with Gasteiger partial charge in [-0.1, -0.05) is 77.0 Å². The summed E-state index contributed by atoms with van der Waals surface area (Å²) < 4.78 is 21.5. The lowest BCUT2D eigenvalue weighted by molar-refractivity contribution is -0.144. The van der Waals surface area contributed by atoms with Crippen LogP contribution in [0.15, 0.2) is 0 Å². The van der Waals surface area contributed by atoms with Gasteiger partial charge in [0.15, 0.2) is 5.78 Å². The average molecular weight is 957 g/mol. The molecule has 0 saturated heterocycles. The summed E-state index contributed by atoms with van der Waals surface area (Å²) in [7, 11) is 0. The van der Waals surface area contributed by atoms with E-state index >= 15 is 0 Å². The molecule has 0 bridgehead atoms. The second kappa shape index (κ2) is 42.4. The summed E-state index contributed by atoms with van der Waals surface area (Å²) >= 11 is 0. The Labute approximate surface area is 400 Å². The third-order valence-electron chi connectivity index (χ3n) is 11.2. The smallest absolute Gasteiger partial charge is 0.306 e. The number of amides is 2. The molecule has 2 atom stereocenters. The fourth-order valence-electron chi connectivity index (χ4n) is 6.97. The number of ketones is 4. The Kier molecular flexibility index (Phi) is 40.1. The Hall–Kier alpha value is -3.68. The zero-order chi connectivity index (χ0) is 50.0. The van der Waals surface area contributed by atoms with Crippen LogP contribution >= 0.6 is 0 Å². The summed E-state index contributed by atoms with van der Waals surface area (Å²) in [4.78, 5) is 95.0. The van der Waals surface area contributed by atoms with Crippen molar-refractivity contribution in [2.24, 2.45) is 11.7 Å². The molecule has 0 heterocycles. The molecular weight excluding hydrogens is 869 g/mol. The Morgan fingerprint density at radius 3 is 1.51 bits per heavy atom. The molecule has 0 aromatic carbocycles. The maximum atomic E-state index is 12.5. The van der Waals surface area contributed by atoms with Gasteiger partial charge in [0.2, 0.25) is 11.8 Å². The van der Waals surface area contributed by atoms with E-state index in [4.69, 9.17) is 29.8 Å². The van der Waals surface area contributed by atoms with E-state index in [9.17, 15) is 43.5 Å². The molecule has 388 valence electrons. The van der Waals surface area contributed by atoms with Crippen LogP contribution in [0, 0.1) is 5.92 Å². The van der Waals surface area contributed by atoms with Gasteiger partial charge in [0, 0.05) is 51.8 Å². The monoisotopic (exact) mass is 957 g/mol. The van der Waals surface area contributed by atoms with Gasteiger partial charge in [-0.15, -0.1) is 0 Å². The quantitative estimate of drug-likeness (QED) is 0.0415. The number of rotatable bonds is 50. The molecule has 67 heavy (non-hydrogen) atoms. The topological polar surface area (TPSA) is 276 Å². The summed E-state index contributed by atoms with van der Waals surface area (Å²) in [5.74, 6) is -3.59. The number of carboxylic acids is 2. The molecule has 7 N–H and O–H groups in total. The molecule has 0 aliphatic rings. The number of carboxylic acid groups (broad SMARTS) is 2. The lowest BCUT2D eigenvalue weighted by Gasteiger charge is -2.20. The van der Waals surface area contributed by atoms with Gasteiger partial charge in [-0.2, -0.15) is 0 Å². The minimum absolute atomic E-state index is 0.0207. The van der Waals surface area contributed by atoms with E-state index in [-0.39, 0.29) is 126 Å². The van der Waals surface area contributed by atoms with Gasteiger partial charge in [0.1, 0.15) is 30.6 Å². The van der Waals surface area contributed by atoms with Crippen LogP contribution in [0.4, 0.5) is 0 Å². The van der Waals surface area contributed by atoms with Crippen LogP contribution in [0.1, 0.15) is 175 Å². The van der Waals surface area contributed by atoms with E-state index in [1.165, 1.54) is 51.9 Å². The van der Waals surface area contributed by atoms with Crippen LogP contribution in [0.5, 0.6) is 0 Å². The molecule has 0 aromatic rings. The first-order valence-corrected chi connectivity index (χ1v) is 24.9. The van der Waals surface area contributed by atoms with E-state index in [1.54, 1.807) is 13.8 Å². The zero-order valence-electron chi connectivity index (χ0n) is 41.3. The first-order chi connectivity index (χ1) is 32.0. The van der Waals surface area contributed by atoms with Crippen LogP contribution in [-0.4, -0.2) is 141 Å². The second-order valence-electron chi connectivity index (χ2n) is 18.0. The SMILES string of the molecule is CC(=O)C(CCCCNC(=O)COCCOCCNC(=O)COCCOCCCC(=O)CC[C@H](CC(=O)CCCCCCCCCCCCCCCCC(=O)O)C(=O)O)NCC(=O)C(C)(C)N. The molecule has 18 nitrogen and oxygen atoms in total. The molecule has 0 rings (SSSR count). The maximum Gasteiger partial charge on any atom is 0.306 e. The van der Waals surface area contributed by atoms with Gasteiger partial charge in [0.05, 0.1) is 57.1 Å². The van der Waals surface area contributed by atoms with Crippen molar-refractivity contribution < 1.29 is 67.5 Å². The summed E-state index contributed by atoms with van der Waals surface area (Å²) in [6, 6.07) is -0.448. The molecular formula is C49H88N4O14. The third-order valence-corrected chi connectivity index (χ3v) is 11.2. The van der Waals surface area contributed by atoms with E-state index in [0.717, 1.165) is 44.9 Å². The van der Waals surface area contributed by atoms with Gasteiger partial charge < -0.3 is 50.8 Å². The number of carbonyl (C=O) groups excluding carboxylic acids is 6. The third kappa shape index (κ3) is 42.2. The fraction of sp³-hybridized carbons (Fsp3) is 0.837. The van der Waals surface area contributed by atoms with Crippen LogP contribution in [-0.2, 0) is 57.3 Å². The van der Waals surface area contributed by atoms with Crippen molar-refractivity contribution in [3.63, 3.8) is 0 Å². The Bertz CT molecular complexity index is 1390. The predicted octanol–water partition coefficient (Wildman–Crippen LogP) is 5.42. The van der Waals surface area contributed by atoms with Gasteiger partial charge >= 0.3 is 11.9 Å². The summed E-state index contributed by atoms with van der Waals surface area (Å²) in [5, 5.41) is 26.7. The minimum atomic E-state index is -1.05. The summed E-state index contributed by atoms with van der Waals surface area (Å²) in [6.45, 7) is 6.58. The average Bonchev–Trinajstić information content (AvgIpc) is 3.26. The number of hydrogen-bond acceptors (Lipinski definition) is 14. The van der Waals surface area contributed by atoms with Crippen LogP contribution in [0.25, 0.3) is 0 Å². The highest BCUT2D eigenvalue weighted by Gasteiger charge is 2.24. The second-order valence-corrected chi connectivity index (χ2v) is 18.0. The number of carbonyl (C=O) groups is 8. The van der Waals surface area contributed by atoms with Crippen molar-refractivity contribution in [3.8, 4) is 0 Å². The van der Waals surface area contributed by atoms with E-state index in [1.807, 2.05) is 0 Å². The van der Waals surface area contributed by atoms with E-state index in [2.05, 4.69) is 16.0 Å². The minimum Gasteiger partial charge on any atom is -0.481 e. The molecule has 18 heteroatoms. The number of unbranched alkanes of at least 4 members (excludes halogenated alkanes) is 14. The van der Waals surface area contributed by atoms with Crippen LogP contribution in [0.3, 0.4) is 0 Å². The number of hydrogen-bond donors (Lipinski definition) is 6. The van der Waals surface area contributed by atoms with Gasteiger partial charge in [-0.05, 0) is 65.7 Å². The largest absolute Gasteiger partial charge is 0.481 e. The highest BCUT2D eigenvalue weighted by atomic mass is 16.5. The molecule has 2 amide bonds. The zero-order valence-corrected chi connectivity index (χ0v) is 41.3. The molecule has 0 fully saturated rings. The number of ether oxygens (including phenoxy) is 4. The Balaban J connectivity index is 3.71. The van der Waals surface area contributed by atoms with Crippen LogP contribution in [0.2, 0.25) is 0 Å². The number of nitrogens with two attached hydrogens (primary N) is 1. The normalized spacial score (nSPS) is 12.4. The van der Waals surface area contributed by atoms with Gasteiger partial charge in [-0.3, -0.25) is 38.4 Å². The maximum absolute atomic E-state index is 12.5. The number of Topliss-reactive ketones (excluding diaryl/α,β-unsaturated/α-hetero) is 4. The highest BCUT2D eigenvalue weighted by Crippen LogP contribution is 2.18. The molecule has 0 aliphatic heterocycles. The standard InChI is InChI=1S/C49H88N4O14/c1-39(54)43(53-36-44(57)49(2,3)50)23-18-19-27-51-45(58)37-67-34-32-65-30-28-52-46(59)38-66-33-31-64-29-20-22-41(55)26-25-40(48(62)63)35-42(56)21-16-14-12-10-8-6-4-5-7-9-11-13-15-17-24-47(60)61/h40,43,53H,4-38,50H2,1-3H3,(H,51,58)(H,52,59)(H,60,61)(H,62,63)/t40-,43?/m1/s1. The van der Waals surface area contributed by atoms with Crippen LogP contribution < -0.4 is 21.7 Å². The van der Waals surface area contributed by atoms with Gasteiger partial charge in [-0.25, -0.2) is 0 Å². The van der Waals surface area contributed by atoms with Crippen molar-refractivity contribution in [2.45, 2.75) is 186 Å². The van der Waals surface area contributed by atoms with E-state index < -0.39 is 29.4 Å². The summed E-state index contributed by atoms with van der Waals surface area (Å²) in [6.07, 6.45) is 18.7.